The average molecular weight is 248 g/mol. The van der Waals surface area contributed by atoms with Crippen LogP contribution < -0.4 is 21.7 Å². The molecule has 18 heavy (non-hydrogen) atoms. The van der Waals surface area contributed by atoms with Crippen LogP contribution in [0.1, 0.15) is 16.8 Å². The monoisotopic (exact) mass is 248 g/mol. The Morgan fingerprint density at radius 2 is 2.28 bits per heavy atom. The molecule has 1 unspecified atom stereocenters. The van der Waals surface area contributed by atoms with Crippen molar-refractivity contribution >= 4 is 23.2 Å². The summed E-state index contributed by atoms with van der Waals surface area (Å²) in [7, 11) is 1.57. The maximum absolute atomic E-state index is 11.7. The largest absolute Gasteiger partial charge is 0.399 e. The Kier molecular flexibility index (Phi) is 3.36. The summed E-state index contributed by atoms with van der Waals surface area (Å²) < 4.78 is 0. The van der Waals surface area contributed by atoms with Crippen LogP contribution in [0.15, 0.2) is 18.2 Å². The lowest BCUT2D eigenvalue weighted by Gasteiger charge is -2.16. The minimum Gasteiger partial charge on any atom is -0.399 e. The minimum absolute atomic E-state index is 0.0114. The molecule has 0 saturated carbocycles. The second kappa shape index (κ2) is 4.95. The van der Waals surface area contributed by atoms with Crippen LogP contribution in [0.3, 0.4) is 0 Å². The summed E-state index contributed by atoms with van der Waals surface area (Å²) in [6, 6.07) is 5.03. The smallest absolute Gasteiger partial charge is 0.253 e. The zero-order valence-electron chi connectivity index (χ0n) is 10.1. The second-order valence-electron chi connectivity index (χ2n) is 4.23. The highest BCUT2D eigenvalue weighted by Gasteiger charge is 2.22. The first-order valence-electron chi connectivity index (χ1n) is 5.75. The highest BCUT2D eigenvalue weighted by Crippen LogP contribution is 2.21. The zero-order valence-corrected chi connectivity index (χ0v) is 10.1. The summed E-state index contributed by atoms with van der Waals surface area (Å²) in [6.45, 7) is 0.556. The SMILES string of the molecule is CNC(=O)c1ccc(N)cc1NC1CNC(=O)C1. The molecule has 1 fully saturated rings. The molecule has 1 heterocycles. The minimum atomic E-state index is -0.185. The molecule has 96 valence electrons. The molecule has 0 bridgehead atoms. The molecule has 0 spiro atoms. The van der Waals surface area contributed by atoms with Crippen LogP contribution >= 0.6 is 0 Å². The molecule has 0 aliphatic carbocycles. The molecule has 6 nitrogen and oxygen atoms in total. The molecule has 1 saturated heterocycles. The topological polar surface area (TPSA) is 96.2 Å². The predicted octanol–water partition coefficient (Wildman–Crippen LogP) is -0.0712. The van der Waals surface area contributed by atoms with Crippen molar-refractivity contribution in [1.82, 2.24) is 10.6 Å². The predicted molar refractivity (Wildman–Crippen MR) is 69.3 cm³/mol. The summed E-state index contributed by atoms with van der Waals surface area (Å²) >= 11 is 0. The van der Waals surface area contributed by atoms with Gasteiger partial charge < -0.3 is 21.7 Å². The molecular weight excluding hydrogens is 232 g/mol. The number of hydrogen-bond donors (Lipinski definition) is 4. The Labute approximate surface area is 105 Å². The van der Waals surface area contributed by atoms with Crippen molar-refractivity contribution in [2.24, 2.45) is 0 Å². The Bertz CT molecular complexity index is 487. The highest BCUT2D eigenvalue weighted by atomic mass is 16.2. The van der Waals surface area contributed by atoms with Crippen molar-refractivity contribution in [3.63, 3.8) is 0 Å². The lowest BCUT2D eigenvalue weighted by molar-refractivity contribution is -0.119. The fourth-order valence-electron chi connectivity index (χ4n) is 1.94. The number of nitrogen functional groups attached to an aromatic ring is 1. The molecule has 1 aromatic rings. The van der Waals surface area contributed by atoms with Crippen molar-refractivity contribution in [1.29, 1.82) is 0 Å². The van der Waals surface area contributed by atoms with Crippen molar-refractivity contribution < 1.29 is 9.59 Å². The van der Waals surface area contributed by atoms with Crippen molar-refractivity contribution in [3.05, 3.63) is 23.8 Å². The van der Waals surface area contributed by atoms with E-state index in [9.17, 15) is 9.59 Å². The summed E-state index contributed by atoms with van der Waals surface area (Å²) in [5.41, 5.74) is 7.46. The first-order chi connectivity index (χ1) is 8.60. The van der Waals surface area contributed by atoms with Gasteiger partial charge in [0.05, 0.1) is 11.6 Å². The molecule has 6 heteroatoms. The third-order valence-electron chi connectivity index (χ3n) is 2.85. The summed E-state index contributed by atoms with van der Waals surface area (Å²) in [4.78, 5) is 22.8. The quantitative estimate of drug-likeness (QED) is 0.563. The van der Waals surface area contributed by atoms with Gasteiger partial charge in [-0.05, 0) is 18.2 Å². The van der Waals surface area contributed by atoms with Gasteiger partial charge in [0.15, 0.2) is 0 Å². The number of carbonyl (C=O) groups excluding carboxylic acids is 2. The van der Waals surface area contributed by atoms with Gasteiger partial charge in [0.2, 0.25) is 5.91 Å². The fraction of sp³-hybridized carbons (Fsp3) is 0.333. The number of hydrogen-bond acceptors (Lipinski definition) is 4. The number of anilines is 2. The van der Waals surface area contributed by atoms with Crippen LogP contribution in [0.5, 0.6) is 0 Å². The summed E-state index contributed by atoms with van der Waals surface area (Å²) in [5.74, 6) is -0.173. The lowest BCUT2D eigenvalue weighted by Crippen LogP contribution is -2.25. The third-order valence-corrected chi connectivity index (χ3v) is 2.85. The van der Waals surface area contributed by atoms with Crippen molar-refractivity contribution in [3.8, 4) is 0 Å². The van der Waals surface area contributed by atoms with Gasteiger partial charge in [0.1, 0.15) is 0 Å². The number of nitrogens with one attached hydrogen (secondary N) is 3. The van der Waals surface area contributed by atoms with Crippen LogP contribution in [0.25, 0.3) is 0 Å². The number of amides is 2. The van der Waals surface area contributed by atoms with E-state index < -0.39 is 0 Å². The first kappa shape index (κ1) is 12.2. The Morgan fingerprint density at radius 1 is 1.50 bits per heavy atom. The maximum Gasteiger partial charge on any atom is 0.253 e. The highest BCUT2D eigenvalue weighted by molar-refractivity contribution is 6.00. The Balaban J connectivity index is 2.22. The van der Waals surface area contributed by atoms with Crippen LogP contribution in [0.2, 0.25) is 0 Å². The van der Waals surface area contributed by atoms with Crippen LogP contribution in [-0.2, 0) is 4.79 Å². The number of benzene rings is 1. The van der Waals surface area contributed by atoms with E-state index in [0.717, 1.165) is 0 Å². The van der Waals surface area contributed by atoms with Gasteiger partial charge in [-0.3, -0.25) is 9.59 Å². The maximum atomic E-state index is 11.7. The van der Waals surface area contributed by atoms with Gasteiger partial charge in [-0.25, -0.2) is 0 Å². The van der Waals surface area contributed by atoms with Gasteiger partial charge in [-0.15, -0.1) is 0 Å². The van der Waals surface area contributed by atoms with E-state index >= 15 is 0 Å². The number of nitrogens with two attached hydrogens (primary N) is 1. The molecule has 1 aliphatic rings. The summed E-state index contributed by atoms with van der Waals surface area (Å²) in [6.07, 6.45) is 0.405. The molecule has 0 aromatic heterocycles. The molecule has 2 amide bonds. The average Bonchev–Trinajstić information content (AvgIpc) is 2.74. The molecule has 1 atom stereocenters. The molecule has 5 N–H and O–H groups in total. The Hall–Kier alpha value is -2.24. The van der Waals surface area contributed by atoms with Crippen LogP contribution in [0.4, 0.5) is 11.4 Å². The van der Waals surface area contributed by atoms with Crippen molar-refractivity contribution in [2.75, 3.05) is 24.6 Å². The van der Waals surface area contributed by atoms with E-state index in [1.54, 1.807) is 25.2 Å². The van der Waals surface area contributed by atoms with Crippen LogP contribution in [-0.4, -0.2) is 31.4 Å². The van der Waals surface area contributed by atoms with Crippen molar-refractivity contribution in [2.45, 2.75) is 12.5 Å². The van der Waals surface area contributed by atoms with Gasteiger partial charge in [-0.1, -0.05) is 0 Å². The van der Waals surface area contributed by atoms with Gasteiger partial charge >= 0.3 is 0 Å². The second-order valence-corrected chi connectivity index (χ2v) is 4.23. The molecule has 0 radical (unpaired) electrons. The van der Waals surface area contributed by atoms with E-state index in [0.29, 0.717) is 29.9 Å². The van der Waals surface area contributed by atoms with Gasteiger partial charge in [0.25, 0.3) is 5.91 Å². The zero-order chi connectivity index (χ0) is 13.1. The van der Waals surface area contributed by atoms with E-state index in [4.69, 9.17) is 5.73 Å². The van der Waals surface area contributed by atoms with Crippen LogP contribution in [0, 0.1) is 0 Å². The number of carbonyl (C=O) groups is 2. The standard InChI is InChI=1S/C12H16N4O2/c1-14-12(18)9-3-2-7(13)4-10(9)16-8-5-11(17)15-6-8/h2-4,8,16H,5-6,13H2,1H3,(H,14,18)(H,15,17). The molecule has 1 aromatic carbocycles. The van der Waals surface area contributed by atoms with E-state index in [1.165, 1.54) is 0 Å². The third kappa shape index (κ3) is 2.53. The van der Waals surface area contributed by atoms with E-state index in [1.807, 2.05) is 0 Å². The van der Waals surface area contributed by atoms with Gasteiger partial charge in [-0.2, -0.15) is 0 Å². The van der Waals surface area contributed by atoms with E-state index in [2.05, 4.69) is 16.0 Å². The Morgan fingerprint density at radius 3 is 2.89 bits per heavy atom. The van der Waals surface area contributed by atoms with E-state index in [-0.39, 0.29) is 17.9 Å². The fourth-order valence-corrected chi connectivity index (χ4v) is 1.94. The molecule has 2 rings (SSSR count). The van der Waals surface area contributed by atoms with Gasteiger partial charge in [0, 0.05) is 31.4 Å². The number of rotatable bonds is 3. The molecule has 1 aliphatic heterocycles. The normalized spacial score (nSPS) is 18.3. The first-order valence-corrected chi connectivity index (χ1v) is 5.75. The lowest BCUT2D eigenvalue weighted by atomic mass is 10.1. The molecular formula is C12H16N4O2. The summed E-state index contributed by atoms with van der Waals surface area (Å²) in [5, 5.41) is 8.48.